The van der Waals surface area contributed by atoms with Crippen LogP contribution in [0.1, 0.15) is 10.5 Å². The molecule has 3 aromatic rings. The number of hydrogen-bond donors (Lipinski definition) is 1. The quantitative estimate of drug-likeness (QED) is 0.536. The van der Waals surface area contributed by atoms with Gasteiger partial charge in [0.2, 0.25) is 0 Å². The maximum Gasteiger partial charge on any atom is 0.356 e. The van der Waals surface area contributed by atoms with Crippen LogP contribution in [-0.4, -0.2) is 31.3 Å². The number of methoxy groups -OCH3 is 1. The molecule has 3 rings (SSSR count). The molecule has 1 N–H and O–H groups in total. The van der Waals surface area contributed by atoms with Crippen molar-refractivity contribution < 1.29 is 27.1 Å². The minimum absolute atomic E-state index is 0.0318. The molecule has 0 atom stereocenters. The molecule has 0 aliphatic rings. The Bertz CT molecular complexity index is 1160. The lowest BCUT2D eigenvalue weighted by molar-refractivity contribution is 0.0588. The molecule has 8 nitrogen and oxygen atoms in total. The first-order valence-electron chi connectivity index (χ1n) is 8.08. The van der Waals surface area contributed by atoms with Crippen LogP contribution in [-0.2, 0) is 21.8 Å². The fourth-order valence-electron chi connectivity index (χ4n) is 2.37. The second-order valence-electron chi connectivity index (χ2n) is 5.78. The highest BCUT2D eigenvalue weighted by Gasteiger charge is 2.20. The van der Waals surface area contributed by atoms with Crippen molar-refractivity contribution >= 4 is 37.7 Å². The van der Waals surface area contributed by atoms with Crippen molar-refractivity contribution in [1.29, 1.82) is 0 Å². The highest BCUT2D eigenvalue weighted by molar-refractivity contribution is 9.10. The number of aromatic nitrogens is 2. The minimum atomic E-state index is -3.98. The normalized spacial score (nSPS) is 11.2. The highest BCUT2D eigenvalue weighted by atomic mass is 79.9. The molecule has 1 aromatic heterocycles. The van der Waals surface area contributed by atoms with Gasteiger partial charge in [-0.2, -0.15) is 5.10 Å². The van der Waals surface area contributed by atoms with Gasteiger partial charge in [0, 0.05) is 13.1 Å². The number of carbonyl (C=O) groups is 1. The molecule has 0 radical (unpaired) electrons. The third-order valence-corrected chi connectivity index (χ3v) is 5.74. The maximum atomic E-state index is 13.0. The number of sulfonamides is 1. The van der Waals surface area contributed by atoms with E-state index in [9.17, 15) is 17.6 Å². The average Bonchev–Trinajstić information content (AvgIpc) is 3.03. The lowest BCUT2D eigenvalue weighted by atomic mass is 10.3. The van der Waals surface area contributed by atoms with Crippen LogP contribution in [0.4, 0.5) is 10.2 Å². The van der Waals surface area contributed by atoms with E-state index in [1.807, 2.05) is 0 Å². The van der Waals surface area contributed by atoms with E-state index in [-0.39, 0.29) is 16.4 Å². The minimum Gasteiger partial charge on any atom is -0.464 e. The predicted octanol–water partition coefficient (Wildman–Crippen LogP) is 3.70. The number of halogens is 2. The van der Waals surface area contributed by atoms with Crippen molar-refractivity contribution in [3.63, 3.8) is 0 Å². The number of carbonyl (C=O) groups excluding carboxylic acids is 1. The fourth-order valence-corrected chi connectivity index (χ4v) is 3.99. The standard InChI is InChI=1S/C18H15BrFN3O5S/c1-23-15(18(24)27-2)10-17(21-23)22-29(25,26)13-7-8-16(14(19)9-13)28-12-5-3-11(20)4-6-12/h3-10H,1-2H3,(H,21,22). The number of rotatable bonds is 6. The zero-order valence-corrected chi connectivity index (χ0v) is 17.6. The first-order chi connectivity index (χ1) is 13.7. The Morgan fingerprint density at radius 2 is 1.86 bits per heavy atom. The van der Waals surface area contributed by atoms with Crippen molar-refractivity contribution in [3.05, 3.63) is 64.5 Å². The van der Waals surface area contributed by atoms with Gasteiger partial charge in [-0.3, -0.25) is 9.40 Å². The topological polar surface area (TPSA) is 99.5 Å². The van der Waals surface area contributed by atoms with Crippen molar-refractivity contribution in [2.75, 3.05) is 11.8 Å². The van der Waals surface area contributed by atoms with Crippen LogP contribution < -0.4 is 9.46 Å². The molecule has 0 saturated heterocycles. The summed E-state index contributed by atoms with van der Waals surface area (Å²) in [6, 6.07) is 10.8. The lowest BCUT2D eigenvalue weighted by Crippen LogP contribution is -2.13. The van der Waals surface area contributed by atoms with Gasteiger partial charge >= 0.3 is 5.97 Å². The Kier molecular flexibility index (Phi) is 5.89. The van der Waals surface area contributed by atoms with Crippen LogP contribution in [0.15, 0.2) is 57.9 Å². The molecule has 29 heavy (non-hydrogen) atoms. The second kappa shape index (κ2) is 8.21. The number of nitrogens with one attached hydrogen (secondary N) is 1. The van der Waals surface area contributed by atoms with Crippen LogP contribution in [0.5, 0.6) is 11.5 Å². The largest absolute Gasteiger partial charge is 0.464 e. The summed E-state index contributed by atoms with van der Waals surface area (Å²) in [5, 5.41) is 3.95. The predicted molar refractivity (Wildman–Crippen MR) is 106 cm³/mol. The van der Waals surface area contributed by atoms with Crippen LogP contribution in [0, 0.1) is 5.82 Å². The van der Waals surface area contributed by atoms with Gasteiger partial charge in [0.05, 0.1) is 16.5 Å². The molecule has 0 aliphatic carbocycles. The molecule has 152 valence electrons. The first kappa shape index (κ1) is 20.8. The summed E-state index contributed by atoms with van der Waals surface area (Å²) < 4.78 is 52.4. The number of nitrogens with zero attached hydrogens (tertiary/aromatic N) is 2. The molecule has 1 heterocycles. The summed E-state index contributed by atoms with van der Waals surface area (Å²) in [6.45, 7) is 0. The Morgan fingerprint density at radius 3 is 2.48 bits per heavy atom. The van der Waals surface area contributed by atoms with Gasteiger partial charge in [-0.25, -0.2) is 17.6 Å². The Hall–Kier alpha value is -2.92. The van der Waals surface area contributed by atoms with Gasteiger partial charge in [-0.15, -0.1) is 0 Å². The second-order valence-corrected chi connectivity index (χ2v) is 8.32. The van der Waals surface area contributed by atoms with Gasteiger partial charge < -0.3 is 9.47 Å². The van der Waals surface area contributed by atoms with Crippen LogP contribution in [0.3, 0.4) is 0 Å². The number of aryl methyl sites for hydroxylation is 1. The Morgan fingerprint density at radius 1 is 1.17 bits per heavy atom. The summed E-state index contributed by atoms with van der Waals surface area (Å²) in [7, 11) is -1.28. The smallest absolute Gasteiger partial charge is 0.356 e. The molecule has 0 saturated carbocycles. The third kappa shape index (κ3) is 4.74. The third-order valence-electron chi connectivity index (χ3n) is 3.77. The molecule has 2 aromatic carbocycles. The fraction of sp³-hybridized carbons (Fsp3) is 0.111. The van der Waals surface area contributed by atoms with Gasteiger partial charge in [-0.1, -0.05) is 0 Å². The van der Waals surface area contributed by atoms with Crippen LogP contribution in [0.2, 0.25) is 0 Å². The summed E-state index contributed by atoms with van der Waals surface area (Å²) in [5.41, 5.74) is 0.0921. The van der Waals surface area contributed by atoms with Crippen molar-refractivity contribution in [3.8, 4) is 11.5 Å². The van der Waals surface area contributed by atoms with E-state index in [1.54, 1.807) is 0 Å². The molecule has 0 spiro atoms. The molecular formula is C18H15BrFN3O5S. The van der Waals surface area contributed by atoms with Gasteiger partial charge in [0.25, 0.3) is 10.0 Å². The van der Waals surface area contributed by atoms with Gasteiger partial charge in [0.1, 0.15) is 23.0 Å². The van der Waals surface area contributed by atoms with Crippen molar-refractivity contribution in [2.24, 2.45) is 7.05 Å². The van der Waals surface area contributed by atoms with E-state index < -0.39 is 21.8 Å². The molecule has 0 bridgehead atoms. The first-order valence-corrected chi connectivity index (χ1v) is 10.4. The Balaban J connectivity index is 1.81. The van der Waals surface area contributed by atoms with Gasteiger partial charge in [0.15, 0.2) is 5.82 Å². The number of hydrogen-bond acceptors (Lipinski definition) is 6. The van der Waals surface area contributed by atoms with E-state index in [1.165, 1.54) is 67.4 Å². The van der Waals surface area contributed by atoms with E-state index in [0.29, 0.717) is 16.0 Å². The van der Waals surface area contributed by atoms with Crippen LogP contribution >= 0.6 is 15.9 Å². The SMILES string of the molecule is COC(=O)c1cc(NS(=O)(=O)c2ccc(Oc3ccc(F)cc3)c(Br)c2)nn1C. The van der Waals surface area contributed by atoms with Crippen molar-refractivity contribution in [1.82, 2.24) is 9.78 Å². The summed E-state index contributed by atoms with van der Waals surface area (Å²) in [6.07, 6.45) is 0. The van der Waals surface area contributed by atoms with Gasteiger partial charge in [-0.05, 0) is 58.4 Å². The average molecular weight is 484 g/mol. The monoisotopic (exact) mass is 483 g/mol. The molecule has 0 amide bonds. The Labute approximate surface area is 174 Å². The molecule has 0 aliphatic heterocycles. The summed E-state index contributed by atoms with van der Waals surface area (Å²) >= 11 is 3.27. The summed E-state index contributed by atoms with van der Waals surface area (Å²) in [5.74, 6) is -0.328. The van der Waals surface area contributed by atoms with E-state index >= 15 is 0 Å². The molecular weight excluding hydrogens is 469 g/mol. The summed E-state index contributed by atoms with van der Waals surface area (Å²) in [4.78, 5) is 11.6. The number of ether oxygens (including phenoxy) is 2. The molecule has 0 unspecified atom stereocenters. The molecule has 11 heteroatoms. The number of benzene rings is 2. The number of esters is 1. The van der Waals surface area contributed by atoms with Crippen molar-refractivity contribution in [2.45, 2.75) is 4.90 Å². The highest BCUT2D eigenvalue weighted by Crippen LogP contribution is 2.32. The molecule has 0 fully saturated rings. The zero-order chi connectivity index (χ0) is 21.2. The van der Waals surface area contributed by atoms with E-state index in [0.717, 1.165) is 0 Å². The number of anilines is 1. The lowest BCUT2D eigenvalue weighted by Gasteiger charge is -2.10. The van der Waals surface area contributed by atoms with Crippen LogP contribution in [0.25, 0.3) is 0 Å². The maximum absolute atomic E-state index is 13.0. The van der Waals surface area contributed by atoms with E-state index in [2.05, 4.69) is 30.5 Å². The zero-order valence-electron chi connectivity index (χ0n) is 15.2. The van der Waals surface area contributed by atoms with E-state index in [4.69, 9.17) is 4.74 Å².